The first-order valence-electron chi connectivity index (χ1n) is 15.9. The Balaban J connectivity index is 1.83. The van der Waals surface area contributed by atoms with Crippen molar-refractivity contribution < 1.29 is 48.9 Å². The number of aromatic nitrogens is 1. The number of carboxylic acid groups (broad SMARTS) is 2. The number of aliphatic hydroxyl groups excluding tert-OH is 1. The van der Waals surface area contributed by atoms with Crippen LogP contribution in [0.3, 0.4) is 0 Å². The zero-order valence-electron chi connectivity index (χ0n) is 26.9. The van der Waals surface area contributed by atoms with Crippen molar-refractivity contribution in [3.8, 4) is 0 Å². The summed E-state index contributed by atoms with van der Waals surface area (Å²) in [4.78, 5) is 93.2. The second-order valence-corrected chi connectivity index (χ2v) is 11.7. The van der Waals surface area contributed by atoms with Gasteiger partial charge in [-0.3, -0.25) is 28.8 Å². The number of H-pyrrole nitrogens is 1. The molecule has 3 rings (SSSR count). The van der Waals surface area contributed by atoms with Gasteiger partial charge in [0.05, 0.1) is 19.6 Å². The largest absolute Gasteiger partial charge is 0.481 e. The minimum atomic E-state index is -1.67. The van der Waals surface area contributed by atoms with Crippen LogP contribution in [0.4, 0.5) is 0 Å². The highest BCUT2D eigenvalue weighted by Crippen LogP contribution is 2.22. The Bertz CT molecular complexity index is 1510. The minimum Gasteiger partial charge on any atom is -0.481 e. The van der Waals surface area contributed by atoms with Crippen molar-refractivity contribution >= 4 is 52.4 Å². The van der Waals surface area contributed by atoms with Crippen LogP contribution in [0, 0.1) is 0 Å². The predicted molar refractivity (Wildman–Crippen MR) is 173 cm³/mol. The molecule has 0 aliphatic carbocycles. The maximum absolute atomic E-state index is 13.8. The fraction of sp³-hybridized carbons (Fsp3) is 0.516. The summed E-state index contributed by atoms with van der Waals surface area (Å²) in [6, 6.07) is 0.396. The first-order chi connectivity index (χ1) is 23.4. The molecular weight excluding hydrogens is 644 g/mol. The molecule has 268 valence electrons. The lowest BCUT2D eigenvalue weighted by Crippen LogP contribution is -2.59. The van der Waals surface area contributed by atoms with Crippen LogP contribution in [0.25, 0.3) is 10.9 Å². The van der Waals surface area contributed by atoms with Gasteiger partial charge in [-0.2, -0.15) is 0 Å². The first-order valence-corrected chi connectivity index (χ1v) is 15.9. The van der Waals surface area contributed by atoms with Gasteiger partial charge in [0.1, 0.15) is 30.2 Å². The Morgan fingerprint density at radius 3 is 2.24 bits per heavy atom. The number of nitrogens with zero attached hydrogens (tertiary/aromatic N) is 1. The summed E-state index contributed by atoms with van der Waals surface area (Å²) in [6.07, 6.45) is 2.36. The molecule has 0 unspecified atom stereocenters. The number of hydrogen-bond acceptors (Lipinski definition) is 10. The predicted octanol–water partition coefficient (Wildman–Crippen LogP) is -2.72. The number of rotatable bonds is 19. The number of amides is 5. The number of carbonyl (C=O) groups excluding carboxylic acids is 5. The van der Waals surface area contributed by atoms with Gasteiger partial charge in [0.15, 0.2) is 0 Å². The summed E-state index contributed by atoms with van der Waals surface area (Å²) < 4.78 is 0. The molecule has 0 bridgehead atoms. The summed E-state index contributed by atoms with van der Waals surface area (Å²) in [6.45, 7) is -0.982. The van der Waals surface area contributed by atoms with Crippen LogP contribution in [0.15, 0.2) is 30.5 Å². The fourth-order valence-electron chi connectivity index (χ4n) is 5.62. The second-order valence-electron chi connectivity index (χ2n) is 11.7. The fourth-order valence-corrected chi connectivity index (χ4v) is 5.62. The summed E-state index contributed by atoms with van der Waals surface area (Å²) in [7, 11) is 0. The van der Waals surface area contributed by atoms with Crippen LogP contribution in [0.5, 0.6) is 0 Å². The number of aromatic amines is 1. The van der Waals surface area contributed by atoms with Crippen LogP contribution in [0.2, 0.25) is 0 Å². The Kier molecular flexibility index (Phi) is 14.5. The van der Waals surface area contributed by atoms with Gasteiger partial charge in [0, 0.05) is 30.1 Å². The van der Waals surface area contributed by atoms with Crippen molar-refractivity contribution in [2.75, 3.05) is 26.2 Å². The Labute approximate surface area is 281 Å². The van der Waals surface area contributed by atoms with Crippen molar-refractivity contribution in [1.82, 2.24) is 31.2 Å². The Morgan fingerprint density at radius 2 is 1.59 bits per heavy atom. The van der Waals surface area contributed by atoms with Crippen LogP contribution < -0.4 is 32.7 Å². The van der Waals surface area contributed by atoms with E-state index < -0.39 is 91.3 Å². The number of benzene rings is 1. The maximum atomic E-state index is 13.8. The third-order valence-electron chi connectivity index (χ3n) is 8.14. The lowest BCUT2D eigenvalue weighted by Gasteiger charge is -2.30. The normalized spacial score (nSPS) is 16.6. The number of aliphatic hydroxyl groups is 1. The number of hydrogen-bond donors (Lipinski definition) is 10. The zero-order chi connectivity index (χ0) is 36.1. The first kappa shape index (κ1) is 38.4. The van der Waals surface area contributed by atoms with Gasteiger partial charge >= 0.3 is 11.9 Å². The van der Waals surface area contributed by atoms with Crippen molar-refractivity contribution in [3.63, 3.8) is 0 Å². The van der Waals surface area contributed by atoms with Crippen LogP contribution in [0.1, 0.15) is 44.1 Å². The number of carbonyl (C=O) groups is 7. The molecule has 1 aliphatic rings. The molecule has 12 N–H and O–H groups in total. The molecule has 1 aliphatic heterocycles. The van der Waals surface area contributed by atoms with Gasteiger partial charge in [-0.05, 0) is 50.3 Å². The van der Waals surface area contributed by atoms with E-state index in [0.717, 1.165) is 15.8 Å². The molecule has 2 aromatic rings. The van der Waals surface area contributed by atoms with Gasteiger partial charge in [0.25, 0.3) is 0 Å². The van der Waals surface area contributed by atoms with Gasteiger partial charge in [-0.25, -0.2) is 4.79 Å². The number of fused-ring (bicyclic) bond motifs is 1. The molecular formula is C31H44N8O10. The van der Waals surface area contributed by atoms with E-state index in [9.17, 15) is 48.9 Å². The highest BCUT2D eigenvalue weighted by molar-refractivity contribution is 5.98. The monoisotopic (exact) mass is 688 g/mol. The maximum Gasteiger partial charge on any atom is 0.326 e. The van der Waals surface area contributed by atoms with E-state index in [0.29, 0.717) is 31.4 Å². The second kappa shape index (κ2) is 18.5. The van der Waals surface area contributed by atoms with Crippen molar-refractivity contribution in [1.29, 1.82) is 0 Å². The average molecular weight is 689 g/mol. The number of likely N-dealkylation sites (tertiary alicyclic amines) is 1. The molecule has 2 heterocycles. The highest BCUT2D eigenvalue weighted by Gasteiger charge is 2.40. The highest BCUT2D eigenvalue weighted by atomic mass is 16.4. The van der Waals surface area contributed by atoms with Crippen LogP contribution in [-0.4, -0.2) is 123 Å². The van der Waals surface area contributed by atoms with E-state index >= 15 is 0 Å². The Morgan fingerprint density at radius 1 is 0.898 bits per heavy atom. The van der Waals surface area contributed by atoms with E-state index in [-0.39, 0.29) is 25.8 Å². The topological polar surface area (TPSA) is 299 Å². The number of unbranched alkanes of at least 4 members (excludes halogenated alkanes) is 1. The molecule has 1 saturated heterocycles. The average Bonchev–Trinajstić information content (AvgIpc) is 3.73. The van der Waals surface area contributed by atoms with E-state index in [1.54, 1.807) is 12.3 Å². The summed E-state index contributed by atoms with van der Waals surface area (Å²) >= 11 is 0. The molecule has 1 fully saturated rings. The zero-order valence-corrected chi connectivity index (χ0v) is 26.9. The number of nitrogens with two attached hydrogens (primary N) is 2. The van der Waals surface area contributed by atoms with E-state index in [2.05, 4.69) is 26.3 Å². The molecule has 5 atom stereocenters. The number of carboxylic acids is 2. The quantitative estimate of drug-likeness (QED) is 0.0674. The lowest BCUT2D eigenvalue weighted by atomic mass is 10.0. The third kappa shape index (κ3) is 10.7. The molecule has 49 heavy (non-hydrogen) atoms. The molecule has 5 amide bonds. The SMILES string of the molecule is NCCCC[C@H](NC(=O)[C@H](Cc1c[nH]c2ccccc12)NC(=O)[C@@H]1CCCN1C(=O)[C@H](CC(=O)O)NC(=O)[C@H](CO)NC(=O)CN)C(=O)O. The summed E-state index contributed by atoms with van der Waals surface area (Å²) in [5.41, 5.74) is 12.2. The van der Waals surface area contributed by atoms with E-state index in [1.807, 2.05) is 18.2 Å². The summed E-state index contributed by atoms with van der Waals surface area (Å²) in [5, 5.41) is 39.1. The van der Waals surface area contributed by atoms with Gasteiger partial charge in [-0.15, -0.1) is 0 Å². The minimum absolute atomic E-state index is 0.0256. The number of para-hydroxylation sites is 1. The standard InChI is InChI=1S/C31H44N8O10/c32-10-4-3-8-20(31(48)49)36-27(44)21(12-17-15-34-19-7-2-1-6-18(17)19)37-29(46)24-9-5-11-39(24)30(47)22(13-26(42)43)38-28(45)23(16-40)35-25(41)14-33/h1-2,6-7,15,20-24,34,40H,3-5,8-14,16,32-33H2,(H,35,41)(H,36,44)(H,37,46)(H,38,45)(H,42,43)(H,48,49)/t20-,21-,22-,23-,24-/m0/s1. The number of nitrogens with one attached hydrogen (secondary N) is 5. The van der Waals surface area contributed by atoms with Crippen LogP contribution >= 0.6 is 0 Å². The lowest BCUT2D eigenvalue weighted by molar-refractivity contribution is -0.146. The van der Waals surface area contributed by atoms with Gasteiger partial charge in [-0.1, -0.05) is 18.2 Å². The molecule has 1 aromatic heterocycles. The molecule has 18 heteroatoms. The third-order valence-corrected chi connectivity index (χ3v) is 8.14. The van der Waals surface area contributed by atoms with Crippen molar-refractivity contribution in [2.45, 2.75) is 75.2 Å². The van der Waals surface area contributed by atoms with Crippen molar-refractivity contribution in [2.24, 2.45) is 11.5 Å². The van der Waals surface area contributed by atoms with Crippen LogP contribution in [-0.2, 0) is 40.0 Å². The van der Waals surface area contributed by atoms with Crippen molar-refractivity contribution in [3.05, 3.63) is 36.0 Å². The summed E-state index contributed by atoms with van der Waals surface area (Å²) in [5.74, 6) is -6.93. The van der Waals surface area contributed by atoms with Gasteiger partial charge in [0.2, 0.25) is 29.5 Å². The number of aliphatic carboxylic acids is 2. The molecule has 0 spiro atoms. The Hall–Kier alpha value is -5.07. The van der Waals surface area contributed by atoms with E-state index in [4.69, 9.17) is 11.5 Å². The molecule has 0 saturated carbocycles. The smallest absolute Gasteiger partial charge is 0.326 e. The molecule has 0 radical (unpaired) electrons. The van der Waals surface area contributed by atoms with Gasteiger partial charge < -0.3 is 57.9 Å². The molecule has 18 nitrogen and oxygen atoms in total. The van der Waals surface area contributed by atoms with E-state index in [1.165, 1.54) is 0 Å². The molecule has 1 aromatic carbocycles.